The SMILES string of the molecule is FC(F)(F)C1CCN(CC2CCCNC2)CC1. The first-order chi connectivity index (χ1) is 8.05. The third-order valence-corrected chi connectivity index (χ3v) is 3.97. The van der Waals surface area contributed by atoms with Gasteiger partial charge >= 0.3 is 6.18 Å². The van der Waals surface area contributed by atoms with E-state index in [1.54, 1.807) is 0 Å². The molecule has 1 atom stereocenters. The van der Waals surface area contributed by atoms with Crippen LogP contribution in [0.1, 0.15) is 25.7 Å². The molecule has 0 bridgehead atoms. The summed E-state index contributed by atoms with van der Waals surface area (Å²) in [6.07, 6.45) is -1.01. The second-order valence-electron chi connectivity index (χ2n) is 5.33. The molecular formula is C12H21F3N2. The van der Waals surface area contributed by atoms with Crippen LogP contribution in [0, 0.1) is 11.8 Å². The minimum Gasteiger partial charge on any atom is -0.316 e. The van der Waals surface area contributed by atoms with E-state index in [2.05, 4.69) is 10.2 Å². The van der Waals surface area contributed by atoms with Crippen molar-refractivity contribution in [3.63, 3.8) is 0 Å². The second kappa shape index (κ2) is 5.57. The summed E-state index contributed by atoms with van der Waals surface area (Å²) in [5, 5.41) is 3.35. The molecular weight excluding hydrogens is 229 g/mol. The Morgan fingerprint density at radius 3 is 2.35 bits per heavy atom. The fourth-order valence-corrected chi connectivity index (χ4v) is 2.89. The molecule has 2 nitrogen and oxygen atoms in total. The Labute approximate surface area is 101 Å². The maximum atomic E-state index is 12.5. The van der Waals surface area contributed by atoms with E-state index >= 15 is 0 Å². The fraction of sp³-hybridized carbons (Fsp3) is 1.00. The summed E-state index contributed by atoms with van der Waals surface area (Å²) in [6, 6.07) is 0. The molecule has 5 heteroatoms. The van der Waals surface area contributed by atoms with Crippen LogP contribution in [0.15, 0.2) is 0 Å². The van der Waals surface area contributed by atoms with E-state index < -0.39 is 12.1 Å². The van der Waals surface area contributed by atoms with Crippen LogP contribution in [0.3, 0.4) is 0 Å². The van der Waals surface area contributed by atoms with Crippen molar-refractivity contribution < 1.29 is 13.2 Å². The highest BCUT2D eigenvalue weighted by atomic mass is 19.4. The van der Waals surface area contributed by atoms with Gasteiger partial charge in [0.05, 0.1) is 5.92 Å². The summed E-state index contributed by atoms with van der Waals surface area (Å²) < 4.78 is 37.5. The van der Waals surface area contributed by atoms with Crippen molar-refractivity contribution >= 4 is 0 Å². The molecule has 1 unspecified atom stereocenters. The van der Waals surface area contributed by atoms with Gasteiger partial charge in [0.1, 0.15) is 0 Å². The number of alkyl halides is 3. The summed E-state index contributed by atoms with van der Waals surface area (Å²) >= 11 is 0. The Balaban J connectivity index is 1.71. The Kier molecular flexibility index (Phi) is 4.31. The van der Waals surface area contributed by atoms with E-state index in [1.165, 1.54) is 12.8 Å². The van der Waals surface area contributed by atoms with Crippen LogP contribution in [0.25, 0.3) is 0 Å². The van der Waals surface area contributed by atoms with E-state index in [1.807, 2.05) is 0 Å². The zero-order valence-electron chi connectivity index (χ0n) is 10.1. The highest BCUT2D eigenvalue weighted by Crippen LogP contribution is 2.34. The highest BCUT2D eigenvalue weighted by molar-refractivity contribution is 4.80. The molecule has 1 N–H and O–H groups in total. The normalized spacial score (nSPS) is 29.5. The molecule has 0 radical (unpaired) electrons. The molecule has 0 spiro atoms. The number of nitrogens with one attached hydrogen (secondary N) is 1. The largest absolute Gasteiger partial charge is 0.391 e. The van der Waals surface area contributed by atoms with Crippen molar-refractivity contribution in [1.82, 2.24) is 10.2 Å². The number of hydrogen-bond acceptors (Lipinski definition) is 2. The molecule has 100 valence electrons. The zero-order valence-corrected chi connectivity index (χ0v) is 10.1. The van der Waals surface area contributed by atoms with Crippen LogP contribution in [-0.4, -0.2) is 43.8 Å². The highest BCUT2D eigenvalue weighted by Gasteiger charge is 2.41. The predicted molar refractivity (Wildman–Crippen MR) is 60.8 cm³/mol. The summed E-state index contributed by atoms with van der Waals surface area (Å²) in [5.41, 5.74) is 0. The third kappa shape index (κ3) is 3.85. The smallest absolute Gasteiger partial charge is 0.316 e. The van der Waals surface area contributed by atoms with Crippen LogP contribution >= 0.6 is 0 Å². The van der Waals surface area contributed by atoms with Crippen molar-refractivity contribution in [2.75, 3.05) is 32.7 Å². The van der Waals surface area contributed by atoms with Crippen molar-refractivity contribution in [3.8, 4) is 0 Å². The van der Waals surface area contributed by atoms with Gasteiger partial charge in [-0.2, -0.15) is 13.2 Å². The van der Waals surface area contributed by atoms with Gasteiger partial charge in [-0.25, -0.2) is 0 Å². The van der Waals surface area contributed by atoms with Crippen LogP contribution in [0.4, 0.5) is 13.2 Å². The van der Waals surface area contributed by atoms with Crippen LogP contribution in [-0.2, 0) is 0 Å². The summed E-state index contributed by atoms with van der Waals surface area (Å²) in [6.45, 7) is 4.31. The lowest BCUT2D eigenvalue weighted by Gasteiger charge is -2.36. The molecule has 2 rings (SSSR count). The number of likely N-dealkylation sites (tertiary alicyclic amines) is 1. The van der Waals surface area contributed by atoms with E-state index in [-0.39, 0.29) is 12.8 Å². The van der Waals surface area contributed by atoms with Gasteiger partial charge in [-0.3, -0.25) is 0 Å². The minimum atomic E-state index is -3.99. The van der Waals surface area contributed by atoms with Crippen molar-refractivity contribution in [2.45, 2.75) is 31.9 Å². The maximum absolute atomic E-state index is 12.5. The second-order valence-corrected chi connectivity index (χ2v) is 5.33. The molecule has 2 aliphatic heterocycles. The number of piperidine rings is 2. The van der Waals surface area contributed by atoms with Gasteiger partial charge in [0.2, 0.25) is 0 Å². The van der Waals surface area contributed by atoms with E-state index in [4.69, 9.17) is 0 Å². The van der Waals surface area contributed by atoms with E-state index in [9.17, 15) is 13.2 Å². The van der Waals surface area contributed by atoms with E-state index in [0.717, 1.165) is 19.6 Å². The van der Waals surface area contributed by atoms with Gasteiger partial charge in [-0.15, -0.1) is 0 Å². The molecule has 2 saturated heterocycles. The van der Waals surface area contributed by atoms with Crippen LogP contribution < -0.4 is 5.32 Å². The zero-order chi connectivity index (χ0) is 12.3. The maximum Gasteiger partial charge on any atom is 0.391 e. The van der Waals surface area contributed by atoms with E-state index in [0.29, 0.717) is 19.0 Å². The molecule has 0 aromatic rings. The fourth-order valence-electron chi connectivity index (χ4n) is 2.89. The molecule has 2 fully saturated rings. The van der Waals surface area contributed by atoms with Gasteiger partial charge in [0.15, 0.2) is 0 Å². The van der Waals surface area contributed by atoms with Gasteiger partial charge in [0.25, 0.3) is 0 Å². The molecule has 0 aliphatic carbocycles. The first kappa shape index (κ1) is 13.1. The van der Waals surface area contributed by atoms with Gasteiger partial charge in [-0.05, 0) is 57.8 Å². The lowest BCUT2D eigenvalue weighted by Crippen LogP contribution is -2.43. The summed E-state index contributed by atoms with van der Waals surface area (Å²) in [5.74, 6) is -0.436. The lowest BCUT2D eigenvalue weighted by atomic mass is 9.94. The quantitative estimate of drug-likeness (QED) is 0.808. The standard InChI is InChI=1S/C12H21F3N2/c13-12(14,15)11-3-6-17(7-4-11)9-10-2-1-5-16-8-10/h10-11,16H,1-9H2. The summed E-state index contributed by atoms with van der Waals surface area (Å²) in [4.78, 5) is 2.21. The van der Waals surface area contributed by atoms with Crippen molar-refractivity contribution in [3.05, 3.63) is 0 Å². The molecule has 0 saturated carbocycles. The first-order valence-corrected chi connectivity index (χ1v) is 6.55. The Morgan fingerprint density at radius 2 is 1.82 bits per heavy atom. The topological polar surface area (TPSA) is 15.3 Å². The molecule has 2 heterocycles. The van der Waals surface area contributed by atoms with Gasteiger partial charge in [0, 0.05) is 6.54 Å². The number of halogens is 3. The lowest BCUT2D eigenvalue weighted by molar-refractivity contribution is -0.185. The third-order valence-electron chi connectivity index (χ3n) is 3.97. The Bertz CT molecular complexity index is 228. The predicted octanol–water partition coefficient (Wildman–Crippen LogP) is 2.26. The van der Waals surface area contributed by atoms with Crippen LogP contribution in [0.2, 0.25) is 0 Å². The minimum absolute atomic E-state index is 0.281. The van der Waals surface area contributed by atoms with Gasteiger partial charge in [-0.1, -0.05) is 0 Å². The monoisotopic (exact) mass is 250 g/mol. The molecule has 0 aromatic heterocycles. The average Bonchev–Trinajstić information content (AvgIpc) is 2.30. The molecule has 2 aliphatic rings. The van der Waals surface area contributed by atoms with Gasteiger partial charge < -0.3 is 10.2 Å². The Hall–Kier alpha value is -0.290. The number of nitrogens with zero attached hydrogens (tertiary/aromatic N) is 1. The molecule has 17 heavy (non-hydrogen) atoms. The number of hydrogen-bond donors (Lipinski definition) is 1. The van der Waals surface area contributed by atoms with Crippen molar-refractivity contribution in [1.29, 1.82) is 0 Å². The summed E-state index contributed by atoms with van der Waals surface area (Å²) in [7, 11) is 0. The molecule has 0 amide bonds. The Morgan fingerprint density at radius 1 is 1.12 bits per heavy atom. The molecule has 0 aromatic carbocycles. The number of rotatable bonds is 2. The van der Waals surface area contributed by atoms with Crippen LogP contribution in [0.5, 0.6) is 0 Å². The van der Waals surface area contributed by atoms with Crippen molar-refractivity contribution in [2.24, 2.45) is 11.8 Å². The first-order valence-electron chi connectivity index (χ1n) is 6.55. The average molecular weight is 250 g/mol.